The van der Waals surface area contributed by atoms with Gasteiger partial charge in [-0.05, 0) is 19.1 Å². The second-order valence-electron chi connectivity index (χ2n) is 5.16. The maximum absolute atomic E-state index is 12.9. The van der Waals surface area contributed by atoms with E-state index in [9.17, 15) is 9.59 Å². The van der Waals surface area contributed by atoms with Crippen molar-refractivity contribution in [3.8, 4) is 16.9 Å². The first-order valence-corrected chi connectivity index (χ1v) is 8.60. The highest BCUT2D eigenvalue weighted by Crippen LogP contribution is 2.26. The number of benzene rings is 1. The Bertz CT molecular complexity index is 943. The Balaban J connectivity index is 2.07. The van der Waals surface area contributed by atoms with Gasteiger partial charge in [-0.1, -0.05) is 18.2 Å². The number of rotatable bonds is 4. The van der Waals surface area contributed by atoms with Gasteiger partial charge in [-0.25, -0.2) is 9.67 Å². The maximum atomic E-state index is 12.9. The molecule has 1 aromatic carbocycles. The highest BCUT2D eigenvalue weighted by molar-refractivity contribution is 7.14. The van der Waals surface area contributed by atoms with Crippen LogP contribution in [0, 0.1) is 6.92 Å². The summed E-state index contributed by atoms with van der Waals surface area (Å²) in [6, 6.07) is 9.41. The Labute approximate surface area is 147 Å². The first-order chi connectivity index (χ1) is 11.5. The summed E-state index contributed by atoms with van der Waals surface area (Å²) in [4.78, 5) is 28.6. The molecule has 3 rings (SSSR count). The molecule has 0 aliphatic heterocycles. The van der Waals surface area contributed by atoms with Crippen molar-refractivity contribution in [3.63, 3.8) is 0 Å². The highest BCUT2D eigenvalue weighted by atomic mass is 35.5. The summed E-state index contributed by atoms with van der Waals surface area (Å²) in [6.45, 7) is 1.87. The van der Waals surface area contributed by atoms with Gasteiger partial charge in [0.25, 0.3) is 5.56 Å². The van der Waals surface area contributed by atoms with E-state index >= 15 is 0 Å². The Morgan fingerprint density at radius 2 is 2.04 bits per heavy atom. The number of para-hydroxylation sites is 1. The first-order valence-electron chi connectivity index (χ1n) is 7.18. The normalized spacial score (nSPS) is 10.8. The number of nitrogens with zero attached hydrogens (tertiary/aromatic N) is 3. The second-order valence-corrected chi connectivity index (χ2v) is 6.28. The molecule has 3 aromatic rings. The largest absolute Gasteiger partial charge is 0.301 e. The van der Waals surface area contributed by atoms with Gasteiger partial charge in [-0.15, -0.1) is 22.9 Å². The minimum absolute atomic E-state index is 0.139. The number of carbonyl (C=O) groups is 1. The fraction of sp³-hybridized carbons (Fsp3) is 0.188. The topological polar surface area (TPSA) is 68.9 Å². The Hall–Kier alpha value is -2.38. The summed E-state index contributed by atoms with van der Waals surface area (Å²) >= 11 is 6.73. The van der Waals surface area contributed by atoms with Crippen molar-refractivity contribution in [1.29, 1.82) is 0 Å². The van der Waals surface area contributed by atoms with Crippen LogP contribution in [0.3, 0.4) is 0 Å². The van der Waals surface area contributed by atoms with Crippen molar-refractivity contribution in [3.05, 3.63) is 51.8 Å². The van der Waals surface area contributed by atoms with Crippen LogP contribution in [0.1, 0.15) is 5.69 Å². The molecule has 0 spiro atoms. The monoisotopic (exact) mass is 362 g/mol. The number of aromatic nitrogens is 3. The van der Waals surface area contributed by atoms with Gasteiger partial charge < -0.3 is 5.32 Å². The van der Waals surface area contributed by atoms with Crippen molar-refractivity contribution in [1.82, 2.24) is 14.3 Å². The van der Waals surface area contributed by atoms with Crippen LogP contribution in [0.5, 0.6) is 0 Å². The van der Waals surface area contributed by atoms with Gasteiger partial charge in [-0.2, -0.15) is 0 Å². The Kier molecular flexibility index (Phi) is 4.55. The van der Waals surface area contributed by atoms with Crippen LogP contribution in [0.25, 0.3) is 16.9 Å². The van der Waals surface area contributed by atoms with Gasteiger partial charge >= 0.3 is 0 Å². The SMILES string of the molecule is Cc1c(-c2csc(NC(=O)CCl)n2)c(=O)n(-c2ccccc2)n1C. The van der Waals surface area contributed by atoms with Gasteiger partial charge in [0.2, 0.25) is 5.91 Å². The summed E-state index contributed by atoms with van der Waals surface area (Å²) in [6.07, 6.45) is 0. The molecule has 0 saturated heterocycles. The third-order valence-corrected chi connectivity index (χ3v) is 4.68. The zero-order valence-corrected chi connectivity index (χ0v) is 14.7. The molecule has 1 amide bonds. The number of hydrogen-bond acceptors (Lipinski definition) is 4. The lowest BCUT2D eigenvalue weighted by Crippen LogP contribution is -2.20. The summed E-state index contributed by atoms with van der Waals surface area (Å²) in [5.41, 5.74) is 2.48. The van der Waals surface area contributed by atoms with E-state index in [1.807, 2.05) is 44.3 Å². The van der Waals surface area contributed by atoms with Gasteiger partial charge in [0.15, 0.2) is 5.13 Å². The van der Waals surface area contributed by atoms with Crippen molar-refractivity contribution in [2.75, 3.05) is 11.2 Å². The number of alkyl halides is 1. The van der Waals surface area contributed by atoms with Crippen LogP contribution in [0.2, 0.25) is 0 Å². The first kappa shape index (κ1) is 16.5. The fourth-order valence-corrected chi connectivity index (χ4v) is 3.25. The van der Waals surface area contributed by atoms with Crippen molar-refractivity contribution >= 4 is 34.0 Å². The molecule has 0 bridgehead atoms. The van der Waals surface area contributed by atoms with Crippen LogP contribution < -0.4 is 10.9 Å². The summed E-state index contributed by atoms with van der Waals surface area (Å²) < 4.78 is 3.39. The number of anilines is 1. The van der Waals surface area contributed by atoms with E-state index in [0.29, 0.717) is 16.4 Å². The lowest BCUT2D eigenvalue weighted by Gasteiger charge is -2.07. The predicted molar refractivity (Wildman–Crippen MR) is 96.2 cm³/mol. The van der Waals surface area contributed by atoms with Crippen LogP contribution in [-0.2, 0) is 11.8 Å². The number of carbonyl (C=O) groups excluding carboxylic acids is 1. The van der Waals surface area contributed by atoms with E-state index in [1.165, 1.54) is 11.3 Å². The van der Waals surface area contributed by atoms with Crippen LogP contribution in [-0.4, -0.2) is 26.1 Å². The molecule has 6 nitrogen and oxygen atoms in total. The summed E-state index contributed by atoms with van der Waals surface area (Å²) in [7, 11) is 1.83. The lowest BCUT2D eigenvalue weighted by atomic mass is 10.2. The molecule has 0 atom stereocenters. The van der Waals surface area contributed by atoms with E-state index in [4.69, 9.17) is 11.6 Å². The molecule has 0 unspecified atom stereocenters. The summed E-state index contributed by atoms with van der Waals surface area (Å²) in [5.74, 6) is -0.468. The third kappa shape index (κ3) is 2.88. The molecule has 0 aliphatic carbocycles. The van der Waals surface area contributed by atoms with E-state index in [2.05, 4.69) is 10.3 Å². The number of halogens is 1. The van der Waals surface area contributed by atoms with Gasteiger partial charge in [0.1, 0.15) is 5.88 Å². The van der Waals surface area contributed by atoms with Crippen LogP contribution in [0.15, 0.2) is 40.5 Å². The number of nitrogens with one attached hydrogen (secondary N) is 1. The summed E-state index contributed by atoms with van der Waals surface area (Å²) in [5, 5.41) is 4.77. The van der Waals surface area contributed by atoms with E-state index in [1.54, 1.807) is 14.7 Å². The molecule has 0 fully saturated rings. The zero-order chi connectivity index (χ0) is 17.3. The second kappa shape index (κ2) is 6.62. The lowest BCUT2D eigenvalue weighted by molar-refractivity contribution is -0.113. The fourth-order valence-electron chi connectivity index (χ4n) is 2.46. The quantitative estimate of drug-likeness (QED) is 0.725. The number of thiazole rings is 1. The molecule has 2 aromatic heterocycles. The van der Waals surface area contributed by atoms with E-state index < -0.39 is 0 Å². The molecule has 0 saturated carbocycles. The standard InChI is InChI=1S/C16H15ClN4O2S/c1-10-14(12-9-24-16(18-12)19-13(22)8-17)15(23)21(20(10)2)11-6-4-3-5-7-11/h3-7,9H,8H2,1-2H3,(H,18,19,22). The van der Waals surface area contributed by atoms with E-state index in [0.717, 1.165) is 11.4 Å². The minimum Gasteiger partial charge on any atom is -0.301 e. The third-order valence-electron chi connectivity index (χ3n) is 3.68. The Morgan fingerprint density at radius 1 is 1.33 bits per heavy atom. The highest BCUT2D eigenvalue weighted by Gasteiger charge is 2.20. The molecule has 2 heterocycles. The molecule has 8 heteroatoms. The van der Waals surface area contributed by atoms with Gasteiger partial charge in [0.05, 0.1) is 16.9 Å². The molecule has 24 heavy (non-hydrogen) atoms. The van der Waals surface area contributed by atoms with Crippen molar-refractivity contribution < 1.29 is 4.79 Å². The zero-order valence-electron chi connectivity index (χ0n) is 13.1. The Morgan fingerprint density at radius 3 is 2.71 bits per heavy atom. The molecular weight excluding hydrogens is 348 g/mol. The van der Waals surface area contributed by atoms with Crippen molar-refractivity contribution in [2.45, 2.75) is 6.92 Å². The van der Waals surface area contributed by atoms with Crippen LogP contribution >= 0.6 is 22.9 Å². The van der Waals surface area contributed by atoms with Gasteiger partial charge in [0, 0.05) is 18.1 Å². The van der Waals surface area contributed by atoms with Gasteiger partial charge in [-0.3, -0.25) is 14.3 Å². The smallest absolute Gasteiger partial charge is 0.281 e. The molecule has 124 valence electrons. The molecular formula is C16H15ClN4O2S. The number of hydrogen-bond donors (Lipinski definition) is 1. The maximum Gasteiger partial charge on any atom is 0.281 e. The average molecular weight is 363 g/mol. The minimum atomic E-state index is -0.330. The molecule has 0 aliphatic rings. The molecule has 0 radical (unpaired) electrons. The molecule has 1 N–H and O–H groups in total. The number of amides is 1. The van der Waals surface area contributed by atoms with Crippen molar-refractivity contribution in [2.24, 2.45) is 7.05 Å². The average Bonchev–Trinajstić information content (AvgIpc) is 3.11. The van der Waals surface area contributed by atoms with E-state index in [-0.39, 0.29) is 17.3 Å². The van der Waals surface area contributed by atoms with Crippen LogP contribution in [0.4, 0.5) is 5.13 Å². The predicted octanol–water partition coefficient (Wildman–Crippen LogP) is 2.79.